The molecule has 22 heavy (non-hydrogen) atoms. The van der Waals surface area contributed by atoms with E-state index in [1.165, 1.54) is 0 Å². The number of nitrogens with zero attached hydrogens (tertiary/aromatic N) is 3. The molecule has 0 saturated carbocycles. The van der Waals surface area contributed by atoms with Crippen LogP contribution in [0.2, 0.25) is 0 Å². The lowest BCUT2D eigenvalue weighted by molar-refractivity contribution is 0.862. The predicted octanol–water partition coefficient (Wildman–Crippen LogP) is 2.24. The Balaban J connectivity index is 1.96. The monoisotopic (exact) mass is 290 g/mol. The van der Waals surface area contributed by atoms with Gasteiger partial charge in [-0.2, -0.15) is 10.4 Å². The highest BCUT2D eigenvalue weighted by molar-refractivity contribution is 5.64. The van der Waals surface area contributed by atoms with Crippen molar-refractivity contribution in [3.05, 3.63) is 76.0 Å². The minimum atomic E-state index is -0.0458. The summed E-state index contributed by atoms with van der Waals surface area (Å²) in [6, 6.07) is 13.0. The van der Waals surface area contributed by atoms with Crippen LogP contribution in [0.4, 0.5) is 0 Å². The number of nitriles is 1. The molecule has 5 heteroatoms. The third-order valence-corrected chi connectivity index (χ3v) is 3.55. The zero-order chi connectivity index (χ0) is 15.5. The average molecular weight is 290 g/mol. The molecule has 0 radical (unpaired) electrons. The molecule has 3 rings (SSSR count). The second kappa shape index (κ2) is 5.70. The molecule has 0 atom stereocenters. The second-order valence-corrected chi connectivity index (χ2v) is 5.12. The molecule has 3 aromatic rings. The van der Waals surface area contributed by atoms with E-state index >= 15 is 0 Å². The first kappa shape index (κ1) is 13.8. The molecule has 0 aliphatic rings. The van der Waals surface area contributed by atoms with Gasteiger partial charge in [0, 0.05) is 42.6 Å². The minimum absolute atomic E-state index is 0.0458. The Bertz CT molecular complexity index is 915. The van der Waals surface area contributed by atoms with Crippen molar-refractivity contribution in [1.29, 1.82) is 5.26 Å². The molecule has 1 N–H and O–H groups in total. The van der Waals surface area contributed by atoms with Crippen molar-refractivity contribution in [2.24, 2.45) is 7.05 Å². The maximum Gasteiger partial charge on any atom is 0.250 e. The van der Waals surface area contributed by atoms with Crippen molar-refractivity contribution >= 4 is 0 Å². The second-order valence-electron chi connectivity index (χ2n) is 5.12. The molecular formula is C17H14N4O. The topological polar surface area (TPSA) is 74.5 Å². The molecule has 1 aromatic carbocycles. The summed E-state index contributed by atoms with van der Waals surface area (Å²) in [4.78, 5) is 11.5. The Morgan fingerprint density at radius 1 is 1.32 bits per heavy atom. The third-order valence-electron chi connectivity index (χ3n) is 3.55. The van der Waals surface area contributed by atoms with Crippen LogP contribution in [0, 0.1) is 11.3 Å². The summed E-state index contributed by atoms with van der Waals surface area (Å²) >= 11 is 0. The highest BCUT2D eigenvalue weighted by Crippen LogP contribution is 2.23. The zero-order valence-electron chi connectivity index (χ0n) is 12.1. The van der Waals surface area contributed by atoms with Crippen LogP contribution in [0.1, 0.15) is 16.8 Å². The number of aryl methyl sites for hydroxylation is 1. The van der Waals surface area contributed by atoms with Gasteiger partial charge in [0.2, 0.25) is 5.56 Å². The summed E-state index contributed by atoms with van der Waals surface area (Å²) in [5, 5.41) is 16.1. The zero-order valence-corrected chi connectivity index (χ0v) is 12.1. The summed E-state index contributed by atoms with van der Waals surface area (Å²) < 4.78 is 1.54. The van der Waals surface area contributed by atoms with Gasteiger partial charge in [-0.15, -0.1) is 0 Å². The lowest BCUT2D eigenvalue weighted by atomic mass is 10.0. The highest BCUT2D eigenvalue weighted by atomic mass is 16.1. The van der Waals surface area contributed by atoms with Crippen molar-refractivity contribution in [1.82, 2.24) is 14.8 Å². The van der Waals surface area contributed by atoms with E-state index < -0.39 is 0 Å². The van der Waals surface area contributed by atoms with Crippen molar-refractivity contribution in [3.63, 3.8) is 0 Å². The molecule has 0 aliphatic carbocycles. The number of benzene rings is 1. The molecule has 5 nitrogen and oxygen atoms in total. The number of aromatic amines is 1. The van der Waals surface area contributed by atoms with Gasteiger partial charge in [-0.05, 0) is 23.8 Å². The fourth-order valence-electron chi connectivity index (χ4n) is 2.40. The van der Waals surface area contributed by atoms with Crippen molar-refractivity contribution in [2.45, 2.75) is 6.42 Å². The Labute approximate surface area is 127 Å². The Morgan fingerprint density at radius 3 is 2.95 bits per heavy atom. The van der Waals surface area contributed by atoms with Gasteiger partial charge in [-0.25, -0.2) is 0 Å². The lowest BCUT2D eigenvalue weighted by Crippen LogP contribution is -2.14. The van der Waals surface area contributed by atoms with Gasteiger partial charge >= 0.3 is 0 Å². The summed E-state index contributed by atoms with van der Waals surface area (Å²) in [6.07, 6.45) is 4.19. The van der Waals surface area contributed by atoms with E-state index in [1.54, 1.807) is 42.2 Å². The van der Waals surface area contributed by atoms with Crippen LogP contribution in [0.5, 0.6) is 0 Å². The number of rotatable bonds is 3. The first-order chi connectivity index (χ1) is 10.7. The Morgan fingerprint density at radius 2 is 2.18 bits per heavy atom. The van der Waals surface area contributed by atoms with Crippen LogP contribution >= 0.6 is 0 Å². The van der Waals surface area contributed by atoms with Crippen LogP contribution in [-0.4, -0.2) is 14.8 Å². The number of pyridine rings is 1. The first-order valence-corrected chi connectivity index (χ1v) is 6.86. The van der Waals surface area contributed by atoms with E-state index in [9.17, 15) is 4.79 Å². The van der Waals surface area contributed by atoms with Gasteiger partial charge in [0.1, 0.15) is 0 Å². The summed E-state index contributed by atoms with van der Waals surface area (Å²) in [5.74, 6) is 0. The molecule has 0 fully saturated rings. The SMILES string of the molecule is Cn1cc(-c2cn[nH]c2Cc2cccc(C#N)c2)ccc1=O. The lowest BCUT2D eigenvalue weighted by Gasteiger charge is -2.06. The molecule has 2 aromatic heterocycles. The largest absolute Gasteiger partial charge is 0.318 e. The van der Waals surface area contributed by atoms with E-state index in [0.717, 1.165) is 22.4 Å². The van der Waals surface area contributed by atoms with Crippen molar-refractivity contribution in [2.75, 3.05) is 0 Å². The van der Waals surface area contributed by atoms with Gasteiger partial charge in [-0.1, -0.05) is 12.1 Å². The first-order valence-electron chi connectivity index (χ1n) is 6.86. The van der Waals surface area contributed by atoms with E-state index in [0.29, 0.717) is 12.0 Å². The standard InChI is InChI=1S/C17H14N4O/c1-21-11-14(5-6-17(21)22)15-10-19-20-16(15)8-12-3-2-4-13(7-12)9-18/h2-7,10-11H,8H2,1H3,(H,19,20). The fourth-order valence-corrected chi connectivity index (χ4v) is 2.40. The van der Waals surface area contributed by atoms with Gasteiger partial charge in [0.25, 0.3) is 0 Å². The van der Waals surface area contributed by atoms with Crippen molar-refractivity contribution < 1.29 is 0 Å². The smallest absolute Gasteiger partial charge is 0.250 e. The van der Waals surface area contributed by atoms with Gasteiger partial charge in [0.15, 0.2) is 0 Å². The molecule has 0 bridgehead atoms. The molecule has 0 aliphatic heterocycles. The Kier molecular flexibility index (Phi) is 3.58. The normalized spacial score (nSPS) is 10.4. The number of aromatic nitrogens is 3. The summed E-state index contributed by atoms with van der Waals surface area (Å²) in [6.45, 7) is 0. The molecule has 0 spiro atoms. The minimum Gasteiger partial charge on any atom is -0.318 e. The number of hydrogen-bond donors (Lipinski definition) is 1. The third kappa shape index (κ3) is 2.67. The molecule has 0 saturated heterocycles. The van der Waals surface area contributed by atoms with Gasteiger partial charge in [0.05, 0.1) is 17.8 Å². The molecule has 108 valence electrons. The summed E-state index contributed by atoms with van der Waals surface area (Å²) in [5.41, 5.74) is 4.47. The summed E-state index contributed by atoms with van der Waals surface area (Å²) in [7, 11) is 1.72. The van der Waals surface area contributed by atoms with Crippen LogP contribution in [0.15, 0.2) is 53.6 Å². The van der Waals surface area contributed by atoms with Crippen LogP contribution in [0.3, 0.4) is 0 Å². The number of nitrogens with one attached hydrogen (secondary N) is 1. The fraction of sp³-hybridized carbons (Fsp3) is 0.118. The highest BCUT2D eigenvalue weighted by Gasteiger charge is 2.09. The molecule has 0 amide bonds. The quantitative estimate of drug-likeness (QED) is 0.803. The van der Waals surface area contributed by atoms with E-state index in [-0.39, 0.29) is 5.56 Å². The van der Waals surface area contributed by atoms with E-state index in [4.69, 9.17) is 5.26 Å². The van der Waals surface area contributed by atoms with Crippen LogP contribution in [0.25, 0.3) is 11.1 Å². The Hall–Kier alpha value is -3.13. The van der Waals surface area contributed by atoms with Gasteiger partial charge < -0.3 is 4.57 Å². The van der Waals surface area contributed by atoms with E-state index in [2.05, 4.69) is 16.3 Å². The van der Waals surface area contributed by atoms with Gasteiger partial charge in [-0.3, -0.25) is 9.89 Å². The predicted molar refractivity (Wildman–Crippen MR) is 83.2 cm³/mol. The van der Waals surface area contributed by atoms with Crippen LogP contribution < -0.4 is 5.56 Å². The molecule has 0 unspecified atom stereocenters. The number of hydrogen-bond acceptors (Lipinski definition) is 3. The van der Waals surface area contributed by atoms with E-state index in [1.807, 2.05) is 18.2 Å². The van der Waals surface area contributed by atoms with Crippen molar-refractivity contribution in [3.8, 4) is 17.2 Å². The maximum atomic E-state index is 11.5. The van der Waals surface area contributed by atoms with Crippen LogP contribution in [-0.2, 0) is 13.5 Å². The molecular weight excluding hydrogens is 276 g/mol. The molecule has 2 heterocycles. The maximum absolute atomic E-state index is 11.5. The number of H-pyrrole nitrogens is 1. The average Bonchev–Trinajstić information content (AvgIpc) is 2.98.